The molecule has 0 radical (unpaired) electrons. The summed E-state index contributed by atoms with van der Waals surface area (Å²) in [4.78, 5) is 25.4. The van der Waals surface area contributed by atoms with Crippen molar-refractivity contribution in [1.82, 2.24) is 16.0 Å². The number of aromatic hydroxyl groups is 1. The first-order valence-corrected chi connectivity index (χ1v) is 15.4. The molecule has 46 heavy (non-hydrogen) atoms. The van der Waals surface area contributed by atoms with Crippen molar-refractivity contribution in [3.63, 3.8) is 0 Å². The number of rotatable bonds is 15. The fourth-order valence-electron chi connectivity index (χ4n) is 5.19. The van der Waals surface area contributed by atoms with E-state index >= 15 is 0 Å². The Hall–Kier alpha value is -4.54. The van der Waals surface area contributed by atoms with Gasteiger partial charge in [0.2, 0.25) is 5.91 Å². The Morgan fingerprint density at radius 2 is 1.50 bits per heavy atom. The van der Waals surface area contributed by atoms with E-state index in [0.29, 0.717) is 36.2 Å². The van der Waals surface area contributed by atoms with Gasteiger partial charge in [-0.05, 0) is 72.4 Å². The maximum Gasteiger partial charge on any atom is 0.251 e. The molecule has 242 valence electrons. The van der Waals surface area contributed by atoms with Crippen molar-refractivity contribution in [3.8, 4) is 5.75 Å². The predicted molar refractivity (Wildman–Crippen MR) is 177 cm³/mol. The van der Waals surface area contributed by atoms with E-state index in [2.05, 4.69) is 16.0 Å². The SMILES string of the molecule is C[C@H](Cc1cccc(CC(=O)NCc2ccc(C(=O)N[C@H](C)[C@@H](O)c3ccccc3)cc2)c1)NC[C@H](O)c1ccc(O)c(CO)c1. The minimum absolute atomic E-state index is 0.00349. The molecule has 0 aliphatic heterocycles. The lowest BCUT2D eigenvalue weighted by Gasteiger charge is -2.20. The fourth-order valence-corrected chi connectivity index (χ4v) is 5.19. The van der Waals surface area contributed by atoms with Crippen LogP contribution in [0.1, 0.15) is 69.8 Å². The van der Waals surface area contributed by atoms with Gasteiger partial charge in [0, 0.05) is 30.3 Å². The summed E-state index contributed by atoms with van der Waals surface area (Å²) in [6.07, 6.45) is -0.688. The number of phenols is 1. The molecule has 9 heteroatoms. The average Bonchev–Trinajstić information content (AvgIpc) is 3.06. The maximum absolute atomic E-state index is 12.7. The molecule has 0 unspecified atom stereocenters. The van der Waals surface area contributed by atoms with Crippen LogP contribution in [0.2, 0.25) is 0 Å². The van der Waals surface area contributed by atoms with E-state index in [0.717, 1.165) is 22.3 Å². The van der Waals surface area contributed by atoms with E-state index in [-0.39, 0.29) is 36.6 Å². The highest BCUT2D eigenvalue weighted by atomic mass is 16.3. The van der Waals surface area contributed by atoms with E-state index in [4.69, 9.17) is 0 Å². The third-order valence-electron chi connectivity index (χ3n) is 7.90. The lowest BCUT2D eigenvalue weighted by molar-refractivity contribution is -0.120. The molecule has 7 N–H and O–H groups in total. The highest BCUT2D eigenvalue weighted by Gasteiger charge is 2.19. The van der Waals surface area contributed by atoms with E-state index in [1.807, 2.05) is 61.5 Å². The third-order valence-corrected chi connectivity index (χ3v) is 7.90. The van der Waals surface area contributed by atoms with Crippen molar-refractivity contribution in [2.75, 3.05) is 6.54 Å². The minimum atomic E-state index is -0.820. The summed E-state index contributed by atoms with van der Waals surface area (Å²) in [5.74, 6) is -0.406. The number of aliphatic hydroxyl groups is 3. The van der Waals surface area contributed by atoms with Crippen molar-refractivity contribution < 1.29 is 30.0 Å². The first-order valence-electron chi connectivity index (χ1n) is 15.4. The highest BCUT2D eigenvalue weighted by molar-refractivity contribution is 5.94. The van der Waals surface area contributed by atoms with Gasteiger partial charge in [-0.1, -0.05) is 72.8 Å². The molecule has 0 saturated carbocycles. The molecule has 0 heterocycles. The topological polar surface area (TPSA) is 151 Å². The van der Waals surface area contributed by atoms with E-state index in [9.17, 15) is 30.0 Å². The molecule has 0 saturated heterocycles. The molecule has 0 aliphatic rings. The normalized spacial score (nSPS) is 13.8. The second-order valence-corrected chi connectivity index (χ2v) is 11.7. The zero-order valence-electron chi connectivity index (χ0n) is 26.2. The molecule has 4 rings (SSSR count). The zero-order valence-corrected chi connectivity index (χ0v) is 26.2. The second-order valence-electron chi connectivity index (χ2n) is 11.7. The van der Waals surface area contributed by atoms with Gasteiger partial charge in [0.25, 0.3) is 5.91 Å². The monoisotopic (exact) mass is 625 g/mol. The van der Waals surface area contributed by atoms with Gasteiger partial charge in [0.05, 0.1) is 31.3 Å². The first-order chi connectivity index (χ1) is 22.1. The molecule has 0 aromatic heterocycles. The second kappa shape index (κ2) is 16.7. The van der Waals surface area contributed by atoms with Gasteiger partial charge >= 0.3 is 0 Å². The molecule has 0 spiro atoms. The largest absolute Gasteiger partial charge is 0.508 e. The van der Waals surface area contributed by atoms with Gasteiger partial charge in [0.15, 0.2) is 0 Å². The van der Waals surface area contributed by atoms with Crippen LogP contribution in [0.25, 0.3) is 0 Å². The number of hydrogen-bond acceptors (Lipinski definition) is 7. The Kier molecular flexibility index (Phi) is 12.4. The number of benzene rings is 4. The van der Waals surface area contributed by atoms with E-state index in [1.54, 1.807) is 43.3 Å². The quantitative estimate of drug-likeness (QED) is 0.106. The molecule has 0 bridgehead atoms. The van der Waals surface area contributed by atoms with Crippen molar-refractivity contribution >= 4 is 11.8 Å². The Balaban J connectivity index is 1.20. The summed E-state index contributed by atoms with van der Waals surface area (Å²) in [6, 6.07) is 28.3. The molecular weight excluding hydrogens is 582 g/mol. The Morgan fingerprint density at radius 3 is 2.22 bits per heavy atom. The molecular formula is C37H43N3O6. The summed E-state index contributed by atoms with van der Waals surface area (Å²) < 4.78 is 0. The molecule has 0 fully saturated rings. The Morgan fingerprint density at radius 1 is 0.783 bits per heavy atom. The van der Waals surface area contributed by atoms with Crippen LogP contribution in [0.3, 0.4) is 0 Å². The first kappa shape index (κ1) is 34.3. The number of aliphatic hydroxyl groups excluding tert-OH is 3. The molecule has 4 aromatic rings. The molecule has 4 atom stereocenters. The van der Waals surface area contributed by atoms with Gasteiger partial charge in [-0.25, -0.2) is 0 Å². The number of hydrogen-bond donors (Lipinski definition) is 7. The van der Waals surface area contributed by atoms with Crippen LogP contribution in [0.15, 0.2) is 97.1 Å². The number of carbonyl (C=O) groups is 2. The van der Waals surface area contributed by atoms with Crippen LogP contribution in [0.4, 0.5) is 0 Å². The summed E-state index contributed by atoms with van der Waals surface area (Å²) in [7, 11) is 0. The highest BCUT2D eigenvalue weighted by Crippen LogP contribution is 2.22. The van der Waals surface area contributed by atoms with Crippen molar-refractivity contribution in [1.29, 1.82) is 0 Å². The van der Waals surface area contributed by atoms with Crippen LogP contribution in [0, 0.1) is 0 Å². The van der Waals surface area contributed by atoms with Crippen LogP contribution in [-0.2, 0) is 30.8 Å². The number of nitrogens with one attached hydrogen (secondary N) is 3. The molecule has 2 amide bonds. The van der Waals surface area contributed by atoms with Gasteiger partial charge in [0.1, 0.15) is 5.75 Å². The summed E-state index contributed by atoms with van der Waals surface area (Å²) in [5.41, 5.74) is 4.99. The Bertz CT molecular complexity index is 1580. The van der Waals surface area contributed by atoms with Gasteiger partial charge in [-0.3, -0.25) is 9.59 Å². The molecule has 9 nitrogen and oxygen atoms in total. The maximum atomic E-state index is 12.7. The fraction of sp³-hybridized carbons (Fsp3) is 0.297. The van der Waals surface area contributed by atoms with Gasteiger partial charge in [-0.15, -0.1) is 0 Å². The van der Waals surface area contributed by atoms with Crippen LogP contribution in [-0.4, -0.2) is 50.9 Å². The van der Waals surface area contributed by atoms with Crippen LogP contribution in [0.5, 0.6) is 5.75 Å². The standard InChI is InChI=1S/C37H43N3O6/c1-24(38-22-34(43)31-15-16-33(42)32(20-31)23-41)17-27-7-6-8-28(18-27)19-35(44)39-21-26-11-13-30(14-12-26)37(46)40-25(2)36(45)29-9-4-3-5-10-29/h3-16,18,20,24-25,34,36,38,41-43,45H,17,19,21-23H2,1-2H3,(H,39,44)(H,40,46)/t24-,25-,34+,36-/m1/s1. The summed E-state index contributed by atoms with van der Waals surface area (Å²) >= 11 is 0. The van der Waals surface area contributed by atoms with E-state index < -0.39 is 18.2 Å². The number of amides is 2. The summed E-state index contributed by atoms with van der Waals surface area (Å²) in [6.45, 7) is 4.11. The predicted octanol–water partition coefficient (Wildman–Crippen LogP) is 3.85. The third kappa shape index (κ3) is 9.98. The van der Waals surface area contributed by atoms with Crippen molar-refractivity contribution in [2.45, 2.75) is 64.1 Å². The molecule has 4 aromatic carbocycles. The smallest absolute Gasteiger partial charge is 0.251 e. The van der Waals surface area contributed by atoms with Gasteiger partial charge in [-0.2, -0.15) is 0 Å². The Labute approximate surface area is 269 Å². The van der Waals surface area contributed by atoms with E-state index in [1.165, 1.54) is 6.07 Å². The minimum Gasteiger partial charge on any atom is -0.508 e. The van der Waals surface area contributed by atoms with Crippen molar-refractivity contribution in [3.05, 3.63) is 136 Å². The average molecular weight is 626 g/mol. The lowest BCUT2D eigenvalue weighted by Crippen LogP contribution is -2.37. The zero-order chi connectivity index (χ0) is 33.1. The molecule has 0 aliphatic carbocycles. The van der Waals surface area contributed by atoms with Crippen LogP contribution >= 0.6 is 0 Å². The summed E-state index contributed by atoms with van der Waals surface area (Å²) in [5, 5.41) is 49.3. The van der Waals surface area contributed by atoms with Crippen molar-refractivity contribution in [2.24, 2.45) is 0 Å². The van der Waals surface area contributed by atoms with Crippen LogP contribution < -0.4 is 16.0 Å². The number of carbonyl (C=O) groups excluding carboxylic acids is 2. The lowest BCUT2D eigenvalue weighted by atomic mass is 10.0. The van der Waals surface area contributed by atoms with Gasteiger partial charge < -0.3 is 36.4 Å².